The van der Waals surface area contributed by atoms with E-state index in [0.29, 0.717) is 12.8 Å². The zero-order valence-electron chi connectivity index (χ0n) is 13.2. The van der Waals surface area contributed by atoms with E-state index in [9.17, 15) is 14.9 Å². The van der Waals surface area contributed by atoms with Crippen molar-refractivity contribution in [2.45, 2.75) is 26.4 Å². The van der Waals surface area contributed by atoms with Crippen LogP contribution < -0.4 is 0 Å². The first-order valence-electron chi connectivity index (χ1n) is 7.38. The number of nitrogens with zero attached hydrogens (tertiary/aromatic N) is 1. The summed E-state index contributed by atoms with van der Waals surface area (Å²) in [6, 6.07) is 9.39. The van der Waals surface area contributed by atoms with Crippen LogP contribution in [-0.4, -0.2) is 18.0 Å². The van der Waals surface area contributed by atoms with Gasteiger partial charge in [0.1, 0.15) is 12.2 Å². The molecule has 0 amide bonds. The second-order valence-corrected chi connectivity index (χ2v) is 5.33. The maximum absolute atomic E-state index is 11.9. The second-order valence-electron chi connectivity index (χ2n) is 5.33. The molecule has 0 heterocycles. The number of esters is 1. The molecule has 0 bridgehead atoms. The summed E-state index contributed by atoms with van der Waals surface area (Å²) in [5.41, 5.74) is 0.574. The van der Waals surface area contributed by atoms with Gasteiger partial charge in [-0.15, -0.1) is 0 Å². The van der Waals surface area contributed by atoms with Crippen LogP contribution in [0.15, 0.2) is 53.4 Å². The lowest BCUT2D eigenvalue weighted by atomic mass is 10.0. The summed E-state index contributed by atoms with van der Waals surface area (Å²) < 4.78 is 10.4. The monoisotopic (exact) mass is 317 g/mol. The molecule has 23 heavy (non-hydrogen) atoms. The molecule has 1 atom stereocenters. The molecule has 6 nitrogen and oxygen atoms in total. The summed E-state index contributed by atoms with van der Waals surface area (Å²) in [6.45, 7) is 2.07. The number of hydrogen-bond donors (Lipinski definition) is 0. The van der Waals surface area contributed by atoms with Crippen LogP contribution in [0.1, 0.15) is 25.3 Å². The largest absolute Gasteiger partial charge is 0.486 e. The first-order valence-corrected chi connectivity index (χ1v) is 7.38. The van der Waals surface area contributed by atoms with Crippen molar-refractivity contribution in [1.29, 1.82) is 0 Å². The lowest BCUT2D eigenvalue weighted by Crippen LogP contribution is -2.17. The van der Waals surface area contributed by atoms with Crippen molar-refractivity contribution < 1.29 is 19.2 Å². The van der Waals surface area contributed by atoms with Crippen LogP contribution in [0.5, 0.6) is 0 Å². The molecule has 1 aliphatic carbocycles. The first kappa shape index (κ1) is 16.7. The Labute approximate surface area is 134 Å². The maximum atomic E-state index is 11.9. The highest BCUT2D eigenvalue weighted by Gasteiger charge is 2.35. The van der Waals surface area contributed by atoms with Gasteiger partial charge >= 0.3 is 11.7 Å². The molecule has 0 spiro atoms. The molecule has 6 heteroatoms. The molecule has 0 aliphatic heterocycles. The zero-order valence-corrected chi connectivity index (χ0v) is 13.2. The smallest absolute Gasteiger partial charge is 0.344 e. The molecule has 0 saturated carbocycles. The summed E-state index contributed by atoms with van der Waals surface area (Å²) in [4.78, 5) is 22.8. The number of methoxy groups -OCH3 is 1. The van der Waals surface area contributed by atoms with Crippen molar-refractivity contribution in [3.8, 4) is 0 Å². The van der Waals surface area contributed by atoms with Crippen molar-refractivity contribution in [2.75, 3.05) is 7.11 Å². The number of rotatable bonds is 5. The molecule has 0 aromatic heterocycles. The molecule has 0 N–H and O–H groups in total. The van der Waals surface area contributed by atoms with Gasteiger partial charge in [0.15, 0.2) is 5.76 Å². The van der Waals surface area contributed by atoms with Crippen LogP contribution in [0.3, 0.4) is 0 Å². The van der Waals surface area contributed by atoms with Crippen LogP contribution in [0.4, 0.5) is 0 Å². The molecule has 1 aromatic rings. The summed E-state index contributed by atoms with van der Waals surface area (Å²) in [7, 11) is 1.21. The van der Waals surface area contributed by atoms with Crippen LogP contribution in [0, 0.1) is 16.0 Å². The molecule has 0 saturated heterocycles. The SMILES string of the molecule is COC(=O)C1=CCCC(C)C(OCc2ccccc2)=C1[N+](=O)[O-]. The molecular weight excluding hydrogens is 298 g/mol. The third kappa shape index (κ3) is 3.97. The van der Waals surface area contributed by atoms with Crippen molar-refractivity contribution >= 4 is 5.97 Å². The Morgan fingerprint density at radius 2 is 2.04 bits per heavy atom. The molecule has 1 unspecified atom stereocenters. The van der Waals surface area contributed by atoms with E-state index in [1.54, 1.807) is 6.08 Å². The van der Waals surface area contributed by atoms with E-state index < -0.39 is 10.9 Å². The predicted molar refractivity (Wildman–Crippen MR) is 83.7 cm³/mol. The number of carbonyl (C=O) groups excluding carboxylic acids is 1. The Hall–Kier alpha value is -2.63. The van der Waals surface area contributed by atoms with Gasteiger partial charge < -0.3 is 9.47 Å². The van der Waals surface area contributed by atoms with E-state index in [-0.39, 0.29) is 29.6 Å². The van der Waals surface area contributed by atoms with Crippen LogP contribution >= 0.6 is 0 Å². The molecule has 0 fully saturated rings. The van der Waals surface area contributed by atoms with Gasteiger partial charge in [-0.2, -0.15) is 0 Å². The van der Waals surface area contributed by atoms with Gasteiger partial charge in [0, 0.05) is 5.92 Å². The summed E-state index contributed by atoms with van der Waals surface area (Å²) in [5, 5.41) is 11.5. The lowest BCUT2D eigenvalue weighted by molar-refractivity contribution is -0.424. The van der Waals surface area contributed by atoms with Gasteiger partial charge in [-0.05, 0) is 18.4 Å². The van der Waals surface area contributed by atoms with Crippen LogP contribution in [0.2, 0.25) is 0 Å². The second kappa shape index (κ2) is 7.58. The van der Waals surface area contributed by atoms with Crippen LogP contribution in [-0.2, 0) is 20.9 Å². The third-order valence-corrected chi connectivity index (χ3v) is 3.71. The quantitative estimate of drug-likeness (QED) is 0.473. The maximum Gasteiger partial charge on any atom is 0.344 e. The van der Waals surface area contributed by atoms with Gasteiger partial charge in [-0.3, -0.25) is 10.1 Å². The third-order valence-electron chi connectivity index (χ3n) is 3.71. The number of carbonyl (C=O) groups is 1. The summed E-state index contributed by atoms with van der Waals surface area (Å²) >= 11 is 0. The van der Waals surface area contributed by atoms with Gasteiger partial charge in [0.2, 0.25) is 0 Å². The van der Waals surface area contributed by atoms with E-state index in [1.807, 2.05) is 37.3 Å². The normalized spacial score (nSPS) is 18.0. The number of nitro groups is 1. The Morgan fingerprint density at radius 3 is 2.65 bits per heavy atom. The number of allylic oxidation sites excluding steroid dienone is 2. The molecule has 2 rings (SSSR count). The fourth-order valence-electron chi connectivity index (χ4n) is 2.50. The number of benzene rings is 1. The molecule has 122 valence electrons. The topological polar surface area (TPSA) is 78.7 Å². The highest BCUT2D eigenvalue weighted by Crippen LogP contribution is 2.31. The fourth-order valence-corrected chi connectivity index (χ4v) is 2.50. The minimum atomic E-state index is -0.716. The van der Waals surface area contributed by atoms with E-state index in [2.05, 4.69) is 4.74 Å². The fraction of sp³-hybridized carbons (Fsp3) is 0.353. The Morgan fingerprint density at radius 1 is 1.35 bits per heavy atom. The molecule has 1 aromatic carbocycles. The Balaban J connectivity index is 2.37. The van der Waals surface area contributed by atoms with Crippen molar-refractivity contribution in [1.82, 2.24) is 0 Å². The molecule has 1 aliphatic rings. The zero-order chi connectivity index (χ0) is 16.8. The number of hydrogen-bond acceptors (Lipinski definition) is 5. The number of ether oxygens (including phenoxy) is 2. The van der Waals surface area contributed by atoms with Crippen molar-refractivity contribution in [3.63, 3.8) is 0 Å². The average Bonchev–Trinajstić information content (AvgIpc) is 2.72. The van der Waals surface area contributed by atoms with E-state index in [0.717, 1.165) is 5.56 Å². The predicted octanol–water partition coefficient (Wildman–Crippen LogP) is 3.22. The van der Waals surface area contributed by atoms with Crippen molar-refractivity contribution in [2.24, 2.45) is 5.92 Å². The van der Waals surface area contributed by atoms with Gasteiger partial charge in [-0.1, -0.05) is 43.3 Å². The summed E-state index contributed by atoms with van der Waals surface area (Å²) in [6.07, 6.45) is 2.78. The van der Waals surface area contributed by atoms with Gasteiger partial charge in [0.25, 0.3) is 0 Å². The Bertz CT molecular complexity index is 648. The minimum Gasteiger partial charge on any atom is -0.486 e. The standard InChI is InChI=1S/C17H19NO5/c1-12-7-6-10-14(17(19)22-2)15(18(20)21)16(12)23-11-13-8-4-3-5-9-13/h3-5,8-10,12H,6-7,11H2,1-2H3. The summed E-state index contributed by atoms with van der Waals surface area (Å²) in [5.74, 6) is -0.642. The Kier molecular flexibility index (Phi) is 5.51. The highest BCUT2D eigenvalue weighted by atomic mass is 16.6. The van der Waals surface area contributed by atoms with Gasteiger partial charge in [0.05, 0.1) is 12.0 Å². The van der Waals surface area contributed by atoms with E-state index in [4.69, 9.17) is 4.74 Å². The van der Waals surface area contributed by atoms with Gasteiger partial charge in [-0.25, -0.2) is 4.79 Å². The molecule has 0 radical (unpaired) electrons. The van der Waals surface area contributed by atoms with Crippen molar-refractivity contribution in [3.05, 3.63) is 69.1 Å². The highest BCUT2D eigenvalue weighted by molar-refractivity contribution is 5.92. The lowest BCUT2D eigenvalue weighted by Gasteiger charge is -2.16. The van der Waals surface area contributed by atoms with E-state index >= 15 is 0 Å². The van der Waals surface area contributed by atoms with E-state index in [1.165, 1.54) is 7.11 Å². The first-order chi connectivity index (χ1) is 11.0. The van der Waals surface area contributed by atoms with Crippen LogP contribution in [0.25, 0.3) is 0 Å². The average molecular weight is 317 g/mol. The molecular formula is C17H19NO5. The minimum absolute atomic E-state index is 0.0371.